The fraction of sp³-hybridized carbons (Fsp3) is 0.636. The van der Waals surface area contributed by atoms with Crippen LogP contribution in [-0.4, -0.2) is 55.7 Å². The molecule has 0 aromatic heterocycles. The maximum Gasteiger partial charge on any atom is 0.225 e. The number of para-hydroxylation sites is 1. The lowest BCUT2D eigenvalue weighted by molar-refractivity contribution is -0.142. The highest BCUT2D eigenvalue weighted by molar-refractivity contribution is 5.79. The molecule has 2 amide bonds. The summed E-state index contributed by atoms with van der Waals surface area (Å²) < 4.78 is 11.9. The van der Waals surface area contributed by atoms with Gasteiger partial charge >= 0.3 is 0 Å². The third-order valence-electron chi connectivity index (χ3n) is 6.57. The van der Waals surface area contributed by atoms with Gasteiger partial charge in [-0.2, -0.15) is 0 Å². The number of hydrogen-bond acceptors (Lipinski definition) is 4. The Hall–Kier alpha value is -2.08. The van der Waals surface area contributed by atoms with Crippen LogP contribution in [0.2, 0.25) is 0 Å². The van der Waals surface area contributed by atoms with Crippen molar-refractivity contribution in [3.63, 3.8) is 0 Å². The maximum atomic E-state index is 12.8. The SMILES string of the molecule is CNC(=O)C[C@H]1CC2(CCN(C(=O)C3CCOCC3)CC2)Oc2ccccc21. The number of amides is 2. The van der Waals surface area contributed by atoms with Crippen molar-refractivity contribution in [2.45, 2.75) is 50.0 Å². The van der Waals surface area contributed by atoms with Crippen molar-refractivity contribution in [1.82, 2.24) is 10.2 Å². The zero-order valence-electron chi connectivity index (χ0n) is 16.6. The molecule has 1 atom stereocenters. The number of nitrogens with one attached hydrogen (secondary N) is 1. The molecule has 2 saturated heterocycles. The number of piperidine rings is 1. The normalized spacial score (nSPS) is 24.3. The Morgan fingerprint density at radius 1 is 1.18 bits per heavy atom. The standard InChI is InChI=1S/C22H30N2O4/c1-23-20(25)14-17-15-22(28-19-5-3-2-4-18(17)19)8-10-24(11-9-22)21(26)16-6-12-27-13-7-16/h2-5,16-17H,6-15H2,1H3,(H,23,25)/t17-/m0/s1. The molecule has 1 aromatic rings. The smallest absolute Gasteiger partial charge is 0.225 e. The molecular weight excluding hydrogens is 356 g/mol. The Bertz CT molecular complexity index is 721. The monoisotopic (exact) mass is 386 g/mol. The van der Waals surface area contributed by atoms with Crippen LogP contribution in [0.15, 0.2) is 24.3 Å². The summed E-state index contributed by atoms with van der Waals surface area (Å²) in [5, 5.41) is 2.75. The number of likely N-dealkylation sites (tertiary alicyclic amines) is 1. The number of ether oxygens (including phenoxy) is 2. The summed E-state index contributed by atoms with van der Waals surface area (Å²) in [6.45, 7) is 2.83. The molecule has 4 rings (SSSR count). The number of fused-ring (bicyclic) bond motifs is 1. The van der Waals surface area contributed by atoms with Gasteiger partial charge in [0.2, 0.25) is 11.8 Å². The Balaban J connectivity index is 1.45. The van der Waals surface area contributed by atoms with E-state index in [1.807, 2.05) is 23.1 Å². The van der Waals surface area contributed by atoms with Gasteiger partial charge in [0.1, 0.15) is 11.4 Å². The first-order valence-corrected chi connectivity index (χ1v) is 10.5. The van der Waals surface area contributed by atoms with Gasteiger partial charge in [0, 0.05) is 64.4 Å². The molecule has 0 unspecified atom stereocenters. The molecule has 0 radical (unpaired) electrons. The average molecular weight is 386 g/mol. The number of benzene rings is 1. The second-order valence-electron chi connectivity index (χ2n) is 8.31. The summed E-state index contributed by atoms with van der Waals surface area (Å²) in [6, 6.07) is 8.07. The molecule has 0 aliphatic carbocycles. The molecule has 152 valence electrons. The van der Waals surface area contributed by atoms with Crippen molar-refractivity contribution in [3.8, 4) is 5.75 Å². The number of carbonyl (C=O) groups excluding carboxylic acids is 2. The third kappa shape index (κ3) is 3.88. The molecule has 1 spiro atoms. The molecule has 28 heavy (non-hydrogen) atoms. The molecule has 1 N–H and O–H groups in total. The van der Waals surface area contributed by atoms with Gasteiger partial charge in [-0.15, -0.1) is 0 Å². The van der Waals surface area contributed by atoms with Crippen LogP contribution in [0.1, 0.15) is 50.0 Å². The summed E-state index contributed by atoms with van der Waals surface area (Å²) in [5.74, 6) is 1.49. The van der Waals surface area contributed by atoms with Crippen LogP contribution >= 0.6 is 0 Å². The van der Waals surface area contributed by atoms with E-state index in [-0.39, 0.29) is 29.3 Å². The zero-order valence-corrected chi connectivity index (χ0v) is 16.6. The highest BCUT2D eigenvalue weighted by atomic mass is 16.5. The topological polar surface area (TPSA) is 67.9 Å². The van der Waals surface area contributed by atoms with Crippen LogP contribution in [0.5, 0.6) is 5.75 Å². The van der Waals surface area contributed by atoms with Gasteiger partial charge in [-0.1, -0.05) is 18.2 Å². The van der Waals surface area contributed by atoms with Crippen molar-refractivity contribution in [1.29, 1.82) is 0 Å². The molecule has 0 saturated carbocycles. The highest BCUT2D eigenvalue weighted by Gasteiger charge is 2.44. The first-order valence-electron chi connectivity index (χ1n) is 10.5. The first-order chi connectivity index (χ1) is 13.6. The molecule has 1 aromatic carbocycles. The van der Waals surface area contributed by atoms with E-state index in [9.17, 15) is 9.59 Å². The van der Waals surface area contributed by atoms with E-state index >= 15 is 0 Å². The first kappa shape index (κ1) is 19.2. The van der Waals surface area contributed by atoms with E-state index in [2.05, 4.69) is 11.4 Å². The molecule has 3 aliphatic rings. The number of hydrogen-bond donors (Lipinski definition) is 1. The fourth-order valence-electron chi connectivity index (χ4n) is 4.90. The van der Waals surface area contributed by atoms with Gasteiger partial charge < -0.3 is 19.7 Å². The van der Waals surface area contributed by atoms with Gasteiger partial charge in [0.15, 0.2) is 0 Å². The minimum Gasteiger partial charge on any atom is -0.487 e. The average Bonchev–Trinajstić information content (AvgIpc) is 2.74. The Labute approximate surface area is 166 Å². The van der Waals surface area contributed by atoms with E-state index in [0.29, 0.717) is 19.6 Å². The van der Waals surface area contributed by atoms with Crippen LogP contribution in [0.3, 0.4) is 0 Å². The second-order valence-corrected chi connectivity index (χ2v) is 8.31. The van der Waals surface area contributed by atoms with Crippen molar-refractivity contribution in [3.05, 3.63) is 29.8 Å². The van der Waals surface area contributed by atoms with Gasteiger partial charge in [-0.25, -0.2) is 0 Å². The van der Waals surface area contributed by atoms with Crippen LogP contribution in [0, 0.1) is 5.92 Å². The zero-order chi connectivity index (χ0) is 19.6. The molecule has 6 heteroatoms. The lowest BCUT2D eigenvalue weighted by atomic mass is 9.76. The van der Waals surface area contributed by atoms with Gasteiger partial charge in [0.25, 0.3) is 0 Å². The summed E-state index contributed by atoms with van der Waals surface area (Å²) in [5.41, 5.74) is 0.844. The summed E-state index contributed by atoms with van der Waals surface area (Å²) >= 11 is 0. The Morgan fingerprint density at radius 2 is 1.89 bits per heavy atom. The fourth-order valence-corrected chi connectivity index (χ4v) is 4.90. The second kappa shape index (κ2) is 8.11. The van der Waals surface area contributed by atoms with Gasteiger partial charge in [0.05, 0.1) is 0 Å². The van der Waals surface area contributed by atoms with Gasteiger partial charge in [-0.3, -0.25) is 9.59 Å². The van der Waals surface area contributed by atoms with Crippen LogP contribution in [0.25, 0.3) is 0 Å². The Morgan fingerprint density at radius 3 is 2.61 bits per heavy atom. The van der Waals surface area contributed by atoms with Crippen molar-refractivity contribution in [2.24, 2.45) is 5.92 Å². The highest BCUT2D eigenvalue weighted by Crippen LogP contribution is 2.46. The Kier molecular flexibility index (Phi) is 5.58. The van der Waals surface area contributed by atoms with Crippen molar-refractivity contribution < 1.29 is 19.1 Å². The minimum absolute atomic E-state index is 0.0592. The van der Waals surface area contributed by atoms with Crippen molar-refractivity contribution in [2.75, 3.05) is 33.4 Å². The minimum atomic E-state index is -0.278. The number of nitrogens with zero attached hydrogens (tertiary/aromatic N) is 1. The molecule has 3 heterocycles. The summed E-state index contributed by atoms with van der Waals surface area (Å²) in [4.78, 5) is 26.9. The quantitative estimate of drug-likeness (QED) is 0.867. The number of rotatable bonds is 3. The van der Waals surface area contributed by atoms with E-state index < -0.39 is 0 Å². The van der Waals surface area contributed by atoms with E-state index in [0.717, 1.165) is 56.5 Å². The third-order valence-corrected chi connectivity index (χ3v) is 6.57. The van der Waals surface area contributed by atoms with Crippen LogP contribution < -0.4 is 10.1 Å². The predicted octanol–water partition coefficient (Wildman–Crippen LogP) is 2.48. The van der Waals surface area contributed by atoms with Crippen LogP contribution in [-0.2, 0) is 14.3 Å². The lowest BCUT2D eigenvalue weighted by Gasteiger charge is -2.47. The van der Waals surface area contributed by atoms with Crippen LogP contribution in [0.4, 0.5) is 0 Å². The van der Waals surface area contributed by atoms with Crippen molar-refractivity contribution >= 4 is 11.8 Å². The largest absolute Gasteiger partial charge is 0.487 e. The van der Waals surface area contributed by atoms with Gasteiger partial charge in [-0.05, 0) is 30.9 Å². The van der Waals surface area contributed by atoms with E-state index in [1.165, 1.54) is 0 Å². The molecule has 3 aliphatic heterocycles. The number of carbonyl (C=O) groups is 2. The molecule has 0 bridgehead atoms. The molecule has 2 fully saturated rings. The predicted molar refractivity (Wildman–Crippen MR) is 105 cm³/mol. The summed E-state index contributed by atoms with van der Waals surface area (Å²) in [7, 11) is 1.68. The lowest BCUT2D eigenvalue weighted by Crippen LogP contribution is -2.53. The van der Waals surface area contributed by atoms with E-state index in [4.69, 9.17) is 9.47 Å². The molecular formula is C22H30N2O4. The van der Waals surface area contributed by atoms with E-state index in [1.54, 1.807) is 7.05 Å². The maximum absolute atomic E-state index is 12.8. The summed E-state index contributed by atoms with van der Waals surface area (Å²) in [6.07, 6.45) is 4.61. The molecule has 6 nitrogen and oxygen atoms in total.